The van der Waals surface area contributed by atoms with Crippen LogP contribution in [0.1, 0.15) is 16.7 Å². The maximum Gasteiger partial charge on any atom is 0.175 e. The van der Waals surface area contributed by atoms with Gasteiger partial charge < -0.3 is 14.8 Å². The first kappa shape index (κ1) is 22.1. The molecule has 3 rings (SSSR count). The van der Waals surface area contributed by atoms with Gasteiger partial charge >= 0.3 is 0 Å². The lowest BCUT2D eigenvalue weighted by atomic mass is 10.2. The van der Waals surface area contributed by atoms with Crippen LogP contribution in [-0.4, -0.2) is 12.1 Å². The summed E-state index contributed by atoms with van der Waals surface area (Å²) in [4.78, 5) is 4.01. The van der Waals surface area contributed by atoms with E-state index in [4.69, 9.17) is 9.47 Å². The summed E-state index contributed by atoms with van der Waals surface area (Å²) in [6.45, 7) is 1.54. The van der Waals surface area contributed by atoms with Crippen molar-refractivity contribution in [2.75, 3.05) is 7.11 Å². The number of nitrogens with zero attached hydrogens (tertiary/aromatic N) is 1. The van der Waals surface area contributed by atoms with E-state index in [-0.39, 0.29) is 24.8 Å². The maximum atomic E-state index is 13.8. The molecule has 2 aromatic carbocycles. The van der Waals surface area contributed by atoms with Gasteiger partial charge in [-0.05, 0) is 57.4 Å². The lowest BCUT2D eigenvalue weighted by Gasteiger charge is -2.15. The van der Waals surface area contributed by atoms with Crippen LogP contribution >= 0.6 is 28.3 Å². The lowest BCUT2D eigenvalue weighted by Crippen LogP contribution is -2.13. The van der Waals surface area contributed by atoms with E-state index in [1.165, 1.54) is 11.6 Å². The third kappa shape index (κ3) is 5.92. The van der Waals surface area contributed by atoms with E-state index in [9.17, 15) is 4.39 Å². The molecule has 0 bridgehead atoms. The number of aromatic nitrogens is 1. The second-order valence-corrected chi connectivity index (χ2v) is 6.80. The minimum Gasteiger partial charge on any atom is -0.493 e. The zero-order valence-electron chi connectivity index (χ0n) is 15.3. The van der Waals surface area contributed by atoms with Crippen molar-refractivity contribution < 1.29 is 13.9 Å². The first-order chi connectivity index (χ1) is 13.2. The van der Waals surface area contributed by atoms with Gasteiger partial charge in [0.1, 0.15) is 12.4 Å². The van der Waals surface area contributed by atoms with E-state index >= 15 is 0 Å². The molecule has 1 aromatic heterocycles. The Morgan fingerprint density at radius 3 is 2.46 bits per heavy atom. The Morgan fingerprint density at radius 2 is 1.75 bits per heavy atom. The fourth-order valence-electron chi connectivity index (χ4n) is 2.63. The second kappa shape index (κ2) is 11.0. The molecule has 0 spiro atoms. The molecule has 3 aromatic rings. The van der Waals surface area contributed by atoms with Gasteiger partial charge in [0, 0.05) is 31.0 Å². The predicted octanol–water partition coefficient (Wildman–Crippen LogP) is 5.28. The fourth-order valence-corrected chi connectivity index (χ4v) is 3.24. The van der Waals surface area contributed by atoms with Crippen LogP contribution < -0.4 is 14.8 Å². The van der Waals surface area contributed by atoms with Gasteiger partial charge in [-0.15, -0.1) is 12.4 Å². The summed E-state index contributed by atoms with van der Waals surface area (Å²) in [6.07, 6.45) is 3.55. The summed E-state index contributed by atoms with van der Waals surface area (Å²) in [5.74, 6) is 0.865. The molecular formula is C21H21BrClFN2O2. The number of ether oxygens (including phenoxy) is 2. The van der Waals surface area contributed by atoms with E-state index in [1.807, 2.05) is 24.3 Å². The molecule has 1 heterocycles. The van der Waals surface area contributed by atoms with Crippen molar-refractivity contribution in [1.82, 2.24) is 10.3 Å². The first-order valence-corrected chi connectivity index (χ1v) is 9.29. The number of methoxy groups -OCH3 is 1. The second-order valence-electron chi connectivity index (χ2n) is 5.95. The van der Waals surface area contributed by atoms with Gasteiger partial charge in [-0.1, -0.05) is 18.2 Å². The molecule has 0 aliphatic rings. The quantitative estimate of drug-likeness (QED) is 0.489. The number of nitrogens with one attached hydrogen (secondary N) is 1. The lowest BCUT2D eigenvalue weighted by molar-refractivity contribution is 0.277. The van der Waals surface area contributed by atoms with Gasteiger partial charge in [0.05, 0.1) is 11.6 Å². The van der Waals surface area contributed by atoms with Crippen LogP contribution in [0.2, 0.25) is 0 Å². The molecule has 0 radical (unpaired) electrons. The van der Waals surface area contributed by atoms with Crippen molar-refractivity contribution in [3.8, 4) is 11.5 Å². The number of hydrogen-bond acceptors (Lipinski definition) is 4. The standard InChI is InChI=1S/C21H20BrFN2O2.ClH/c1-26-20-11-16(13-25-12-15-6-8-24-9-7-15)10-18(22)21(20)27-14-17-4-2-3-5-19(17)23;/h2-11,25H,12-14H2,1H3;1H. The van der Waals surface area contributed by atoms with E-state index in [1.54, 1.807) is 37.7 Å². The first-order valence-electron chi connectivity index (χ1n) is 8.49. The largest absolute Gasteiger partial charge is 0.493 e. The molecule has 0 atom stereocenters. The summed E-state index contributed by atoms with van der Waals surface area (Å²) in [5, 5.41) is 3.39. The summed E-state index contributed by atoms with van der Waals surface area (Å²) in [5.41, 5.74) is 2.71. The number of hydrogen-bond donors (Lipinski definition) is 1. The minimum absolute atomic E-state index is 0. The van der Waals surface area contributed by atoms with Crippen LogP contribution in [0, 0.1) is 5.82 Å². The third-order valence-electron chi connectivity index (χ3n) is 4.03. The monoisotopic (exact) mass is 466 g/mol. The Bertz CT molecular complexity index is 897. The van der Waals surface area contributed by atoms with Crippen molar-refractivity contribution in [3.63, 3.8) is 0 Å². The number of rotatable bonds is 8. The molecule has 1 N–H and O–H groups in total. The van der Waals surface area contributed by atoms with Crippen molar-refractivity contribution in [1.29, 1.82) is 0 Å². The van der Waals surface area contributed by atoms with Crippen LogP contribution in [-0.2, 0) is 19.7 Å². The summed E-state index contributed by atoms with van der Waals surface area (Å²) < 4.78 is 25.8. The molecule has 7 heteroatoms. The van der Waals surface area contributed by atoms with Crippen molar-refractivity contribution in [2.24, 2.45) is 0 Å². The molecule has 0 saturated heterocycles. The highest BCUT2D eigenvalue weighted by Gasteiger charge is 2.13. The summed E-state index contributed by atoms with van der Waals surface area (Å²) in [6, 6.07) is 14.4. The minimum atomic E-state index is -0.287. The Morgan fingerprint density at radius 1 is 1.04 bits per heavy atom. The molecule has 0 amide bonds. The van der Waals surface area contributed by atoms with E-state index < -0.39 is 0 Å². The highest BCUT2D eigenvalue weighted by atomic mass is 79.9. The molecule has 28 heavy (non-hydrogen) atoms. The molecule has 0 fully saturated rings. The fraction of sp³-hybridized carbons (Fsp3) is 0.190. The molecule has 0 aliphatic carbocycles. The van der Waals surface area contributed by atoms with Gasteiger partial charge in [0.15, 0.2) is 11.5 Å². The van der Waals surface area contributed by atoms with Crippen LogP contribution in [0.4, 0.5) is 4.39 Å². The van der Waals surface area contributed by atoms with Crippen molar-refractivity contribution in [2.45, 2.75) is 19.7 Å². The molecule has 0 aliphatic heterocycles. The topological polar surface area (TPSA) is 43.4 Å². The number of benzene rings is 2. The number of halogens is 3. The van der Waals surface area contributed by atoms with Gasteiger partial charge in [-0.3, -0.25) is 4.98 Å². The van der Waals surface area contributed by atoms with Gasteiger partial charge in [-0.25, -0.2) is 4.39 Å². The van der Waals surface area contributed by atoms with Gasteiger partial charge in [-0.2, -0.15) is 0 Å². The SMILES string of the molecule is COc1cc(CNCc2ccncc2)cc(Br)c1OCc1ccccc1F.Cl. The Hall–Kier alpha value is -2.15. The van der Waals surface area contributed by atoms with Crippen LogP contribution in [0.5, 0.6) is 11.5 Å². The van der Waals surface area contributed by atoms with Crippen LogP contribution in [0.3, 0.4) is 0 Å². The van der Waals surface area contributed by atoms with Crippen molar-refractivity contribution in [3.05, 3.63) is 87.9 Å². The maximum absolute atomic E-state index is 13.8. The molecule has 0 unspecified atom stereocenters. The van der Waals surface area contributed by atoms with Gasteiger partial charge in [0.25, 0.3) is 0 Å². The van der Waals surface area contributed by atoms with E-state index in [2.05, 4.69) is 26.2 Å². The van der Waals surface area contributed by atoms with E-state index in [0.717, 1.165) is 16.6 Å². The Balaban J connectivity index is 0.00000280. The highest BCUT2D eigenvalue weighted by Crippen LogP contribution is 2.37. The zero-order valence-corrected chi connectivity index (χ0v) is 17.7. The molecule has 0 saturated carbocycles. The van der Waals surface area contributed by atoms with E-state index in [0.29, 0.717) is 23.6 Å². The van der Waals surface area contributed by atoms with Gasteiger partial charge in [0.2, 0.25) is 0 Å². The normalized spacial score (nSPS) is 10.2. The average Bonchev–Trinajstić information content (AvgIpc) is 2.69. The molecular weight excluding hydrogens is 447 g/mol. The summed E-state index contributed by atoms with van der Waals surface area (Å²) in [7, 11) is 1.59. The predicted molar refractivity (Wildman–Crippen MR) is 113 cm³/mol. The van der Waals surface area contributed by atoms with Crippen LogP contribution in [0.15, 0.2) is 65.4 Å². The number of pyridine rings is 1. The zero-order chi connectivity index (χ0) is 19.1. The third-order valence-corrected chi connectivity index (χ3v) is 4.62. The average molecular weight is 468 g/mol. The smallest absolute Gasteiger partial charge is 0.175 e. The summed E-state index contributed by atoms with van der Waals surface area (Å²) >= 11 is 3.53. The van der Waals surface area contributed by atoms with Crippen LogP contribution in [0.25, 0.3) is 0 Å². The highest BCUT2D eigenvalue weighted by molar-refractivity contribution is 9.10. The Labute approximate surface area is 178 Å². The molecule has 4 nitrogen and oxygen atoms in total. The van der Waals surface area contributed by atoms with Crippen molar-refractivity contribution >= 4 is 28.3 Å². The Kier molecular flexibility index (Phi) is 8.70. The molecule has 148 valence electrons.